The van der Waals surface area contributed by atoms with Crippen molar-refractivity contribution in [2.24, 2.45) is 0 Å². The second-order valence-electron chi connectivity index (χ2n) is 7.88. The molecule has 1 atom stereocenters. The molecule has 1 unspecified atom stereocenters. The maximum absolute atomic E-state index is 11.3. The largest absolute Gasteiger partial charge is 0.491 e. The molecule has 1 aliphatic heterocycles. The lowest BCUT2D eigenvalue weighted by Crippen LogP contribution is -2.49. The third-order valence-corrected chi connectivity index (χ3v) is 5.60. The molecule has 2 aromatic carbocycles. The molecular formula is C22H30N4O5S. The molecule has 1 fully saturated rings. The van der Waals surface area contributed by atoms with Crippen LogP contribution in [0.25, 0.3) is 0 Å². The molecule has 0 aromatic heterocycles. The maximum Gasteiger partial charge on any atom is 0.229 e. The van der Waals surface area contributed by atoms with Crippen LogP contribution in [0.15, 0.2) is 48.5 Å². The number of hydrogen-bond acceptors (Lipinski definition) is 7. The van der Waals surface area contributed by atoms with E-state index in [1.54, 1.807) is 36.4 Å². The Morgan fingerprint density at radius 2 is 1.62 bits per heavy atom. The number of rotatable bonds is 9. The number of carbonyl (C=O) groups is 1. The highest BCUT2D eigenvalue weighted by atomic mass is 32.2. The summed E-state index contributed by atoms with van der Waals surface area (Å²) in [6.45, 7) is 5.42. The van der Waals surface area contributed by atoms with E-state index in [1.807, 2.05) is 12.1 Å². The zero-order chi connectivity index (χ0) is 23.1. The van der Waals surface area contributed by atoms with Crippen LogP contribution < -0.4 is 19.7 Å². The van der Waals surface area contributed by atoms with Crippen molar-refractivity contribution in [1.82, 2.24) is 4.90 Å². The first-order chi connectivity index (χ1) is 15.2. The Morgan fingerprint density at radius 3 is 2.19 bits per heavy atom. The van der Waals surface area contributed by atoms with Crippen LogP contribution in [-0.2, 0) is 14.8 Å². The fraction of sp³-hybridized carbons (Fsp3) is 0.409. The van der Waals surface area contributed by atoms with E-state index >= 15 is 0 Å². The summed E-state index contributed by atoms with van der Waals surface area (Å²) in [6.07, 6.45) is 0.515. The molecule has 32 heavy (non-hydrogen) atoms. The number of carbonyl (C=O) groups excluding carboxylic acids is 1. The molecule has 10 heteroatoms. The van der Waals surface area contributed by atoms with E-state index in [9.17, 15) is 18.3 Å². The number of β-amino-alcohol motifs (C(OH)–C–C–N with tert-alkyl or cyclic N) is 1. The number of anilines is 3. The average molecular weight is 463 g/mol. The molecule has 2 aromatic rings. The quantitative estimate of drug-likeness (QED) is 0.519. The molecule has 0 saturated carbocycles. The minimum Gasteiger partial charge on any atom is -0.491 e. The van der Waals surface area contributed by atoms with Crippen molar-refractivity contribution >= 4 is 33.0 Å². The Balaban J connectivity index is 1.40. The predicted molar refractivity (Wildman–Crippen MR) is 126 cm³/mol. The minimum absolute atomic E-state index is 0.129. The van der Waals surface area contributed by atoms with E-state index in [-0.39, 0.29) is 12.5 Å². The van der Waals surface area contributed by atoms with Gasteiger partial charge in [-0.1, -0.05) is 0 Å². The molecule has 1 aliphatic rings. The fourth-order valence-electron chi connectivity index (χ4n) is 3.52. The van der Waals surface area contributed by atoms with E-state index in [2.05, 4.69) is 19.8 Å². The van der Waals surface area contributed by atoms with Gasteiger partial charge >= 0.3 is 0 Å². The summed E-state index contributed by atoms with van der Waals surface area (Å²) >= 11 is 0. The number of aliphatic hydroxyl groups excluding tert-OH is 1. The first-order valence-corrected chi connectivity index (χ1v) is 12.3. The first kappa shape index (κ1) is 23.8. The molecule has 0 radical (unpaired) electrons. The lowest BCUT2D eigenvalue weighted by Gasteiger charge is -2.36. The Hall–Kier alpha value is -2.82. The van der Waals surface area contributed by atoms with Gasteiger partial charge in [0.25, 0.3) is 0 Å². The minimum atomic E-state index is -3.28. The van der Waals surface area contributed by atoms with Crippen molar-refractivity contribution in [3.8, 4) is 5.75 Å². The summed E-state index contributed by atoms with van der Waals surface area (Å²) < 4.78 is 30.8. The number of benzene rings is 2. The molecule has 0 spiro atoms. The third-order valence-electron chi connectivity index (χ3n) is 4.99. The fourth-order valence-corrected chi connectivity index (χ4v) is 4.09. The van der Waals surface area contributed by atoms with Gasteiger partial charge in [0, 0.05) is 56.7 Å². The average Bonchev–Trinajstić information content (AvgIpc) is 2.73. The van der Waals surface area contributed by atoms with Crippen molar-refractivity contribution in [2.45, 2.75) is 13.0 Å². The van der Waals surface area contributed by atoms with E-state index in [4.69, 9.17) is 4.74 Å². The van der Waals surface area contributed by atoms with E-state index in [0.29, 0.717) is 23.7 Å². The molecule has 1 heterocycles. The van der Waals surface area contributed by atoms with Crippen LogP contribution in [0.3, 0.4) is 0 Å². The highest BCUT2D eigenvalue weighted by Gasteiger charge is 2.20. The summed E-state index contributed by atoms with van der Waals surface area (Å²) in [4.78, 5) is 15.5. The third kappa shape index (κ3) is 7.70. The highest BCUT2D eigenvalue weighted by molar-refractivity contribution is 7.92. The summed E-state index contributed by atoms with van der Waals surface area (Å²) in [5.74, 6) is 0.506. The number of piperazine rings is 1. The van der Waals surface area contributed by atoms with Crippen molar-refractivity contribution in [3.05, 3.63) is 48.5 Å². The molecule has 0 aliphatic carbocycles. The van der Waals surface area contributed by atoms with Crippen molar-refractivity contribution in [1.29, 1.82) is 0 Å². The van der Waals surface area contributed by atoms with Crippen LogP contribution in [0.2, 0.25) is 0 Å². The van der Waals surface area contributed by atoms with Crippen LogP contribution in [0, 0.1) is 0 Å². The smallest absolute Gasteiger partial charge is 0.229 e. The van der Waals surface area contributed by atoms with Gasteiger partial charge < -0.3 is 20.1 Å². The van der Waals surface area contributed by atoms with E-state index < -0.39 is 16.1 Å². The van der Waals surface area contributed by atoms with E-state index in [1.165, 1.54) is 6.92 Å². The molecule has 9 nitrogen and oxygen atoms in total. The van der Waals surface area contributed by atoms with Gasteiger partial charge in [-0.05, 0) is 48.5 Å². The number of hydrogen-bond donors (Lipinski definition) is 3. The Morgan fingerprint density at radius 1 is 1.03 bits per heavy atom. The van der Waals surface area contributed by atoms with Crippen molar-refractivity contribution in [2.75, 3.05) is 60.5 Å². The highest BCUT2D eigenvalue weighted by Crippen LogP contribution is 2.20. The molecule has 3 rings (SSSR count). The number of amides is 1. The number of sulfonamides is 1. The lowest BCUT2D eigenvalue weighted by atomic mass is 10.2. The normalized spacial score (nSPS) is 15.8. The predicted octanol–water partition coefficient (Wildman–Crippen LogP) is 1.58. The van der Waals surface area contributed by atoms with Gasteiger partial charge in [0.2, 0.25) is 15.9 Å². The van der Waals surface area contributed by atoms with Gasteiger partial charge in [-0.15, -0.1) is 0 Å². The van der Waals surface area contributed by atoms with Crippen LogP contribution in [0.1, 0.15) is 6.92 Å². The van der Waals surface area contributed by atoms with Crippen LogP contribution in [0.4, 0.5) is 17.1 Å². The Labute approximate surface area is 189 Å². The number of nitrogens with one attached hydrogen (secondary N) is 2. The molecule has 174 valence electrons. The topological polar surface area (TPSA) is 111 Å². The zero-order valence-corrected chi connectivity index (χ0v) is 19.1. The maximum atomic E-state index is 11.3. The molecular weight excluding hydrogens is 432 g/mol. The summed E-state index contributed by atoms with van der Waals surface area (Å²) in [5.41, 5.74) is 2.28. The molecule has 3 N–H and O–H groups in total. The second kappa shape index (κ2) is 10.7. The summed E-state index contributed by atoms with van der Waals surface area (Å²) in [7, 11) is -3.28. The van der Waals surface area contributed by atoms with Gasteiger partial charge in [-0.2, -0.15) is 0 Å². The molecule has 1 amide bonds. The van der Waals surface area contributed by atoms with Crippen molar-refractivity contribution in [3.63, 3.8) is 0 Å². The van der Waals surface area contributed by atoms with Crippen LogP contribution in [0.5, 0.6) is 5.75 Å². The summed E-state index contributed by atoms with van der Waals surface area (Å²) in [5, 5.41) is 13.0. The summed E-state index contributed by atoms with van der Waals surface area (Å²) in [6, 6.07) is 14.4. The zero-order valence-electron chi connectivity index (χ0n) is 18.3. The lowest BCUT2D eigenvalue weighted by molar-refractivity contribution is -0.114. The van der Waals surface area contributed by atoms with Gasteiger partial charge in [-0.3, -0.25) is 14.4 Å². The first-order valence-electron chi connectivity index (χ1n) is 10.4. The number of ether oxygens (including phenoxy) is 1. The molecule has 0 bridgehead atoms. The monoisotopic (exact) mass is 462 g/mol. The SMILES string of the molecule is CC(=O)Nc1ccc(OCC(O)CN2CCN(c3ccc(NS(C)(=O)=O)cc3)CC2)cc1. The van der Waals surface area contributed by atoms with Crippen LogP contribution in [-0.4, -0.2) is 76.0 Å². The van der Waals surface area contributed by atoms with Gasteiger partial charge in [-0.25, -0.2) is 8.42 Å². The van der Waals surface area contributed by atoms with Crippen molar-refractivity contribution < 1.29 is 23.1 Å². The standard InChI is InChI=1S/C22H30N4O5S/c1-17(27)23-18-5-9-22(10-6-18)31-16-21(28)15-25-11-13-26(14-12-25)20-7-3-19(4-8-20)24-32(2,29)30/h3-10,21,24,28H,11-16H2,1-2H3,(H,23,27). The number of aliphatic hydroxyl groups is 1. The van der Waals surface area contributed by atoms with Gasteiger partial charge in [0.15, 0.2) is 0 Å². The number of nitrogens with zero attached hydrogens (tertiary/aromatic N) is 2. The van der Waals surface area contributed by atoms with E-state index in [0.717, 1.165) is 38.1 Å². The second-order valence-corrected chi connectivity index (χ2v) is 9.63. The Bertz CT molecular complexity index is 988. The Kier molecular flexibility index (Phi) is 7.94. The molecule has 1 saturated heterocycles. The van der Waals surface area contributed by atoms with Gasteiger partial charge in [0.05, 0.1) is 6.26 Å². The van der Waals surface area contributed by atoms with Gasteiger partial charge in [0.1, 0.15) is 18.5 Å². The van der Waals surface area contributed by atoms with Crippen LogP contribution >= 0.6 is 0 Å².